The average molecular weight is 387 g/mol. The largest absolute Gasteiger partial charge is 0.341 e. The van der Waals surface area contributed by atoms with Crippen molar-refractivity contribution in [3.8, 4) is 22.6 Å². The van der Waals surface area contributed by atoms with E-state index >= 15 is 0 Å². The molecule has 0 radical (unpaired) electrons. The van der Waals surface area contributed by atoms with Gasteiger partial charge in [0.15, 0.2) is 0 Å². The van der Waals surface area contributed by atoms with Crippen LogP contribution in [0.25, 0.3) is 22.6 Å². The van der Waals surface area contributed by atoms with Crippen LogP contribution in [-0.4, -0.2) is 25.8 Å². The lowest BCUT2D eigenvalue weighted by molar-refractivity contribution is 0.0932. The van der Waals surface area contributed by atoms with E-state index in [4.69, 9.17) is 4.52 Å². The Balaban J connectivity index is 1.53. The molecule has 1 atom stereocenters. The normalized spacial score (nSPS) is 11.9. The van der Waals surface area contributed by atoms with Crippen LogP contribution < -0.4 is 5.32 Å². The van der Waals surface area contributed by atoms with E-state index in [1.54, 1.807) is 18.3 Å². The van der Waals surface area contributed by atoms with Crippen LogP contribution in [-0.2, 0) is 6.54 Å². The highest BCUT2D eigenvalue weighted by atomic mass is 16.5. The molecule has 0 aliphatic rings. The quantitative estimate of drug-likeness (QED) is 0.538. The SMILES string of the molecule is CCn1nccc1-c1cccc(-c2noc([C@H](C)NC(=O)c3ccccc3)n2)c1. The topological polar surface area (TPSA) is 85.8 Å². The number of nitrogens with one attached hydrogen (secondary N) is 1. The molecule has 0 fully saturated rings. The van der Waals surface area contributed by atoms with Crippen molar-refractivity contribution in [2.75, 3.05) is 0 Å². The van der Waals surface area contributed by atoms with Crippen molar-refractivity contribution >= 4 is 5.91 Å². The molecule has 1 amide bonds. The first-order valence-corrected chi connectivity index (χ1v) is 9.48. The van der Waals surface area contributed by atoms with Crippen LogP contribution in [0.1, 0.15) is 36.1 Å². The fourth-order valence-corrected chi connectivity index (χ4v) is 3.11. The molecule has 4 aromatic rings. The number of rotatable bonds is 6. The van der Waals surface area contributed by atoms with Gasteiger partial charge in [0, 0.05) is 29.4 Å². The minimum atomic E-state index is -0.409. The van der Waals surface area contributed by atoms with Gasteiger partial charge in [0.2, 0.25) is 11.7 Å². The second-order valence-corrected chi connectivity index (χ2v) is 6.63. The van der Waals surface area contributed by atoms with Gasteiger partial charge in [-0.2, -0.15) is 10.1 Å². The van der Waals surface area contributed by atoms with E-state index in [0.29, 0.717) is 17.3 Å². The van der Waals surface area contributed by atoms with Crippen molar-refractivity contribution in [2.45, 2.75) is 26.4 Å². The summed E-state index contributed by atoms with van der Waals surface area (Å²) in [5.74, 6) is 0.645. The van der Waals surface area contributed by atoms with Crippen LogP contribution in [0.15, 0.2) is 71.4 Å². The van der Waals surface area contributed by atoms with Crippen LogP contribution in [0, 0.1) is 0 Å². The summed E-state index contributed by atoms with van der Waals surface area (Å²) in [5.41, 5.74) is 3.47. The fourth-order valence-electron chi connectivity index (χ4n) is 3.11. The number of hydrogen-bond donors (Lipinski definition) is 1. The van der Waals surface area contributed by atoms with Gasteiger partial charge in [-0.1, -0.05) is 41.6 Å². The van der Waals surface area contributed by atoms with Gasteiger partial charge in [-0.15, -0.1) is 0 Å². The standard InChI is InChI=1S/C22H21N5O2/c1-3-27-19(12-13-23-27)17-10-7-11-18(14-17)20-25-22(29-26-20)15(2)24-21(28)16-8-5-4-6-9-16/h4-15H,3H2,1-2H3,(H,24,28)/t15-/m0/s1. The molecule has 146 valence electrons. The Labute approximate surface area is 168 Å². The zero-order valence-electron chi connectivity index (χ0n) is 16.2. The summed E-state index contributed by atoms with van der Waals surface area (Å²) in [7, 11) is 0. The van der Waals surface area contributed by atoms with Gasteiger partial charge in [0.05, 0.1) is 5.69 Å². The van der Waals surface area contributed by atoms with E-state index in [2.05, 4.69) is 27.5 Å². The van der Waals surface area contributed by atoms with E-state index in [-0.39, 0.29) is 5.91 Å². The third-order valence-electron chi connectivity index (χ3n) is 4.63. The second-order valence-electron chi connectivity index (χ2n) is 6.63. The molecule has 2 aromatic carbocycles. The maximum Gasteiger partial charge on any atom is 0.251 e. The zero-order valence-corrected chi connectivity index (χ0v) is 16.2. The number of aryl methyl sites for hydroxylation is 1. The van der Waals surface area contributed by atoms with Gasteiger partial charge in [0.1, 0.15) is 6.04 Å². The van der Waals surface area contributed by atoms with Gasteiger partial charge in [-0.3, -0.25) is 9.48 Å². The summed E-state index contributed by atoms with van der Waals surface area (Å²) in [6.45, 7) is 4.66. The Morgan fingerprint density at radius 1 is 1.10 bits per heavy atom. The lowest BCUT2D eigenvalue weighted by Crippen LogP contribution is -2.26. The molecule has 0 spiro atoms. The molecular formula is C22H21N5O2. The Morgan fingerprint density at radius 3 is 2.69 bits per heavy atom. The molecule has 29 heavy (non-hydrogen) atoms. The Morgan fingerprint density at radius 2 is 1.90 bits per heavy atom. The van der Waals surface area contributed by atoms with Crippen molar-refractivity contribution in [2.24, 2.45) is 0 Å². The van der Waals surface area contributed by atoms with Gasteiger partial charge < -0.3 is 9.84 Å². The van der Waals surface area contributed by atoms with Crippen LogP contribution in [0.4, 0.5) is 0 Å². The maximum atomic E-state index is 12.3. The van der Waals surface area contributed by atoms with E-state index in [1.165, 1.54) is 0 Å². The highest BCUT2D eigenvalue weighted by Gasteiger charge is 2.18. The number of carbonyl (C=O) groups excluding carboxylic acids is 1. The summed E-state index contributed by atoms with van der Waals surface area (Å²) >= 11 is 0. The molecule has 4 rings (SSSR count). The predicted molar refractivity (Wildman–Crippen MR) is 109 cm³/mol. The molecule has 0 saturated carbocycles. The average Bonchev–Trinajstić information content (AvgIpc) is 3.44. The summed E-state index contributed by atoms with van der Waals surface area (Å²) in [5, 5.41) is 11.3. The molecule has 7 heteroatoms. The number of nitrogens with zero attached hydrogens (tertiary/aromatic N) is 4. The number of benzene rings is 2. The van der Waals surface area contributed by atoms with Crippen molar-refractivity contribution < 1.29 is 9.32 Å². The Kier molecular flexibility index (Phi) is 5.20. The van der Waals surface area contributed by atoms with E-state index in [9.17, 15) is 4.79 Å². The van der Waals surface area contributed by atoms with E-state index < -0.39 is 6.04 Å². The molecule has 0 aliphatic heterocycles. The summed E-state index contributed by atoms with van der Waals surface area (Å²) < 4.78 is 7.33. The Bertz CT molecular complexity index is 1120. The van der Waals surface area contributed by atoms with Crippen molar-refractivity contribution in [1.82, 2.24) is 25.2 Å². The number of aromatic nitrogens is 4. The molecular weight excluding hydrogens is 366 g/mol. The molecule has 0 unspecified atom stereocenters. The van der Waals surface area contributed by atoms with Crippen LogP contribution in [0.3, 0.4) is 0 Å². The highest BCUT2D eigenvalue weighted by molar-refractivity contribution is 5.94. The van der Waals surface area contributed by atoms with Crippen molar-refractivity contribution in [1.29, 1.82) is 0 Å². The molecule has 0 saturated heterocycles. The third-order valence-corrected chi connectivity index (χ3v) is 4.63. The first-order valence-electron chi connectivity index (χ1n) is 9.48. The van der Waals surface area contributed by atoms with Crippen molar-refractivity contribution in [3.63, 3.8) is 0 Å². The summed E-state index contributed by atoms with van der Waals surface area (Å²) in [6, 6.07) is 18.5. The smallest absolute Gasteiger partial charge is 0.251 e. The van der Waals surface area contributed by atoms with E-state index in [0.717, 1.165) is 23.4 Å². The first-order chi connectivity index (χ1) is 14.2. The predicted octanol–water partition coefficient (Wildman–Crippen LogP) is 4.11. The monoisotopic (exact) mass is 387 g/mol. The molecule has 1 N–H and O–H groups in total. The molecule has 7 nitrogen and oxygen atoms in total. The zero-order chi connectivity index (χ0) is 20.2. The van der Waals surface area contributed by atoms with Gasteiger partial charge in [-0.25, -0.2) is 0 Å². The first kappa shape index (κ1) is 18.6. The van der Waals surface area contributed by atoms with Crippen LogP contribution in [0.2, 0.25) is 0 Å². The molecule has 0 bridgehead atoms. The lowest BCUT2D eigenvalue weighted by atomic mass is 10.1. The van der Waals surface area contributed by atoms with Gasteiger partial charge >= 0.3 is 0 Å². The minimum Gasteiger partial charge on any atom is -0.341 e. The van der Waals surface area contributed by atoms with Crippen LogP contribution >= 0.6 is 0 Å². The Hall–Kier alpha value is -3.74. The summed E-state index contributed by atoms with van der Waals surface area (Å²) in [4.78, 5) is 16.8. The molecule has 2 heterocycles. The summed E-state index contributed by atoms with van der Waals surface area (Å²) in [6.07, 6.45) is 1.79. The van der Waals surface area contributed by atoms with Gasteiger partial charge in [0.25, 0.3) is 5.91 Å². The minimum absolute atomic E-state index is 0.187. The van der Waals surface area contributed by atoms with Crippen LogP contribution in [0.5, 0.6) is 0 Å². The number of hydrogen-bond acceptors (Lipinski definition) is 5. The lowest BCUT2D eigenvalue weighted by Gasteiger charge is -2.09. The van der Waals surface area contributed by atoms with Gasteiger partial charge in [-0.05, 0) is 38.1 Å². The van der Waals surface area contributed by atoms with E-state index in [1.807, 2.05) is 60.1 Å². The molecule has 0 aliphatic carbocycles. The second kappa shape index (κ2) is 8.10. The maximum absolute atomic E-state index is 12.3. The third kappa shape index (κ3) is 3.94. The van der Waals surface area contributed by atoms with Crippen molar-refractivity contribution in [3.05, 3.63) is 78.3 Å². The number of amides is 1. The highest BCUT2D eigenvalue weighted by Crippen LogP contribution is 2.25. The number of carbonyl (C=O) groups is 1. The molecule has 2 aromatic heterocycles. The fraction of sp³-hybridized carbons (Fsp3) is 0.182.